The number of hydrogen-bond donors (Lipinski definition) is 0. The third-order valence-electron chi connectivity index (χ3n) is 2.16. The lowest BCUT2D eigenvalue weighted by molar-refractivity contribution is -0.116. The number of halogens is 4. The number of carbonyl (C=O) groups is 1. The van der Waals surface area contributed by atoms with Gasteiger partial charge in [-0.25, -0.2) is 4.99 Å². The van der Waals surface area contributed by atoms with Crippen LogP contribution < -0.4 is 0 Å². The SMILES string of the molecule is O=C1Cc2cc(Br)ccc2N=C1C(F)(F)F. The molecule has 0 atom stereocenters. The van der Waals surface area contributed by atoms with Crippen molar-refractivity contribution in [2.75, 3.05) is 0 Å². The molecule has 2 rings (SSSR count). The molecule has 1 aliphatic rings. The molecule has 2 nitrogen and oxygen atoms in total. The Labute approximate surface area is 97.3 Å². The first-order valence-corrected chi connectivity index (χ1v) is 5.15. The maximum Gasteiger partial charge on any atom is 0.436 e. The molecule has 0 fully saturated rings. The maximum atomic E-state index is 12.4. The van der Waals surface area contributed by atoms with Crippen LogP contribution in [0.3, 0.4) is 0 Å². The molecular weight excluding hydrogens is 287 g/mol. The molecule has 0 aliphatic carbocycles. The zero-order valence-corrected chi connectivity index (χ0v) is 9.39. The van der Waals surface area contributed by atoms with Crippen LogP contribution in [0.15, 0.2) is 27.7 Å². The van der Waals surface area contributed by atoms with Gasteiger partial charge in [-0.15, -0.1) is 0 Å². The maximum absolute atomic E-state index is 12.4. The van der Waals surface area contributed by atoms with Crippen LogP contribution in [0, 0.1) is 0 Å². The molecule has 0 spiro atoms. The number of nitrogens with zero attached hydrogens (tertiary/aromatic N) is 1. The van der Waals surface area contributed by atoms with E-state index in [4.69, 9.17) is 0 Å². The minimum Gasteiger partial charge on any atom is -0.292 e. The van der Waals surface area contributed by atoms with Crippen LogP contribution in [-0.4, -0.2) is 17.7 Å². The molecule has 1 aromatic rings. The summed E-state index contributed by atoms with van der Waals surface area (Å²) in [5.74, 6) is -0.988. The van der Waals surface area contributed by atoms with E-state index < -0.39 is 17.7 Å². The fourth-order valence-corrected chi connectivity index (χ4v) is 1.87. The first kappa shape index (κ1) is 11.3. The highest BCUT2D eigenvalue weighted by molar-refractivity contribution is 9.10. The van der Waals surface area contributed by atoms with Gasteiger partial charge in [0.1, 0.15) is 0 Å². The first-order chi connectivity index (χ1) is 7.38. The van der Waals surface area contributed by atoms with Gasteiger partial charge in [0.15, 0.2) is 11.5 Å². The minimum absolute atomic E-state index is 0.204. The molecule has 0 aromatic heterocycles. The molecule has 0 unspecified atom stereocenters. The lowest BCUT2D eigenvalue weighted by Crippen LogP contribution is -2.33. The summed E-state index contributed by atoms with van der Waals surface area (Å²) in [5.41, 5.74) is -0.607. The number of carbonyl (C=O) groups excluding carboxylic acids is 1. The summed E-state index contributed by atoms with van der Waals surface area (Å²) in [4.78, 5) is 14.6. The van der Waals surface area contributed by atoms with E-state index in [9.17, 15) is 18.0 Å². The average Bonchev–Trinajstić information content (AvgIpc) is 2.14. The van der Waals surface area contributed by atoms with Crippen molar-refractivity contribution in [3.8, 4) is 0 Å². The van der Waals surface area contributed by atoms with Gasteiger partial charge in [0.2, 0.25) is 0 Å². The van der Waals surface area contributed by atoms with Gasteiger partial charge in [-0.2, -0.15) is 13.2 Å². The molecule has 1 heterocycles. The predicted octanol–water partition coefficient (Wildman–Crippen LogP) is 3.21. The molecule has 6 heteroatoms. The smallest absolute Gasteiger partial charge is 0.292 e. The van der Waals surface area contributed by atoms with E-state index in [0.717, 1.165) is 0 Å². The standard InChI is InChI=1S/C10H5BrF3NO/c11-6-1-2-7-5(3-6)4-8(16)9(15-7)10(12,13)14/h1-3H,4H2. The number of aliphatic imine (C=N–C) groups is 1. The minimum atomic E-state index is -4.68. The second-order valence-electron chi connectivity index (χ2n) is 3.33. The number of fused-ring (bicyclic) bond motifs is 1. The van der Waals surface area contributed by atoms with Crippen molar-refractivity contribution in [2.45, 2.75) is 12.6 Å². The Kier molecular flexibility index (Phi) is 2.61. The number of hydrogen-bond acceptors (Lipinski definition) is 2. The summed E-state index contributed by atoms with van der Waals surface area (Å²) in [6.45, 7) is 0. The van der Waals surface area contributed by atoms with Crippen molar-refractivity contribution in [2.24, 2.45) is 4.99 Å². The Balaban J connectivity index is 2.53. The summed E-state index contributed by atoms with van der Waals surface area (Å²) < 4.78 is 37.9. The lowest BCUT2D eigenvalue weighted by atomic mass is 10.0. The van der Waals surface area contributed by atoms with Crippen LogP contribution in [-0.2, 0) is 11.2 Å². The third kappa shape index (κ3) is 2.02. The fourth-order valence-electron chi connectivity index (χ4n) is 1.47. The Hall–Kier alpha value is -1.17. The van der Waals surface area contributed by atoms with Crippen LogP contribution in [0.2, 0.25) is 0 Å². The van der Waals surface area contributed by atoms with Gasteiger partial charge in [-0.1, -0.05) is 15.9 Å². The number of benzene rings is 1. The molecule has 0 amide bonds. The van der Waals surface area contributed by atoms with E-state index in [0.29, 0.717) is 10.0 Å². The summed E-state index contributed by atoms with van der Waals surface area (Å²) in [5, 5.41) is 0. The zero-order valence-electron chi connectivity index (χ0n) is 7.81. The van der Waals surface area contributed by atoms with E-state index in [1.165, 1.54) is 6.07 Å². The van der Waals surface area contributed by atoms with E-state index >= 15 is 0 Å². The number of ketones is 1. The normalized spacial score (nSPS) is 15.8. The average molecular weight is 292 g/mol. The highest BCUT2D eigenvalue weighted by Crippen LogP contribution is 2.31. The van der Waals surface area contributed by atoms with Gasteiger partial charge in [-0.3, -0.25) is 4.79 Å². The summed E-state index contributed by atoms with van der Waals surface area (Å²) in [7, 11) is 0. The Morgan fingerprint density at radius 1 is 1.31 bits per heavy atom. The predicted molar refractivity (Wildman–Crippen MR) is 56.0 cm³/mol. The van der Waals surface area contributed by atoms with E-state index in [1.54, 1.807) is 12.1 Å². The van der Waals surface area contributed by atoms with Gasteiger partial charge in [0, 0.05) is 10.9 Å². The zero-order chi connectivity index (χ0) is 11.9. The van der Waals surface area contributed by atoms with Crippen LogP contribution in [0.1, 0.15) is 5.56 Å². The number of Topliss-reactive ketones (excluding diaryl/α,β-unsaturated/α-hetero) is 1. The van der Waals surface area contributed by atoms with Gasteiger partial charge >= 0.3 is 6.18 Å². The fraction of sp³-hybridized carbons (Fsp3) is 0.200. The van der Waals surface area contributed by atoms with E-state index in [-0.39, 0.29) is 12.1 Å². The molecule has 0 saturated carbocycles. The van der Waals surface area contributed by atoms with Gasteiger partial charge in [0.05, 0.1) is 5.69 Å². The van der Waals surface area contributed by atoms with E-state index in [2.05, 4.69) is 20.9 Å². The molecule has 1 aromatic carbocycles. The van der Waals surface area contributed by atoms with Crippen molar-refractivity contribution < 1.29 is 18.0 Å². The second kappa shape index (κ2) is 3.69. The second-order valence-corrected chi connectivity index (χ2v) is 4.25. The first-order valence-electron chi connectivity index (χ1n) is 4.35. The summed E-state index contributed by atoms with van der Waals surface area (Å²) in [6, 6.07) is 4.65. The molecule has 0 radical (unpaired) electrons. The molecule has 0 N–H and O–H groups in total. The van der Waals surface area contributed by atoms with E-state index in [1.807, 2.05) is 0 Å². The molecule has 0 bridgehead atoms. The van der Waals surface area contributed by atoms with Gasteiger partial charge in [0.25, 0.3) is 0 Å². The summed E-state index contributed by atoms with van der Waals surface area (Å²) >= 11 is 3.18. The van der Waals surface area contributed by atoms with Crippen molar-refractivity contribution >= 4 is 33.1 Å². The highest BCUT2D eigenvalue weighted by Gasteiger charge is 2.42. The number of alkyl halides is 3. The quantitative estimate of drug-likeness (QED) is 0.722. The highest BCUT2D eigenvalue weighted by atomic mass is 79.9. The number of rotatable bonds is 0. The van der Waals surface area contributed by atoms with Crippen molar-refractivity contribution in [3.63, 3.8) is 0 Å². The third-order valence-corrected chi connectivity index (χ3v) is 2.65. The molecule has 0 saturated heterocycles. The molecular formula is C10H5BrF3NO. The summed E-state index contributed by atoms with van der Waals surface area (Å²) in [6.07, 6.45) is -4.94. The van der Waals surface area contributed by atoms with Crippen LogP contribution in [0.25, 0.3) is 0 Å². The van der Waals surface area contributed by atoms with Crippen molar-refractivity contribution in [1.82, 2.24) is 0 Å². The van der Waals surface area contributed by atoms with Gasteiger partial charge < -0.3 is 0 Å². The largest absolute Gasteiger partial charge is 0.436 e. The molecule has 16 heavy (non-hydrogen) atoms. The molecule has 84 valence electrons. The van der Waals surface area contributed by atoms with Crippen LogP contribution in [0.5, 0.6) is 0 Å². The lowest BCUT2D eigenvalue weighted by Gasteiger charge is -2.16. The van der Waals surface area contributed by atoms with Crippen LogP contribution >= 0.6 is 15.9 Å². The Morgan fingerprint density at radius 2 is 2.00 bits per heavy atom. The Bertz CT molecular complexity index is 493. The monoisotopic (exact) mass is 291 g/mol. The van der Waals surface area contributed by atoms with Gasteiger partial charge in [-0.05, 0) is 23.8 Å². The Morgan fingerprint density at radius 3 is 2.62 bits per heavy atom. The van der Waals surface area contributed by atoms with Crippen LogP contribution in [0.4, 0.5) is 18.9 Å². The van der Waals surface area contributed by atoms with Crippen molar-refractivity contribution in [3.05, 3.63) is 28.2 Å². The van der Waals surface area contributed by atoms with Crippen molar-refractivity contribution in [1.29, 1.82) is 0 Å². The molecule has 1 aliphatic heterocycles. The topological polar surface area (TPSA) is 29.4 Å².